The van der Waals surface area contributed by atoms with Gasteiger partial charge < -0.3 is 15.6 Å². The number of para-hydroxylation sites is 1. The molecular weight excluding hydrogens is 409 g/mol. The van der Waals surface area contributed by atoms with Crippen LogP contribution in [0.25, 0.3) is 0 Å². The molecule has 0 saturated heterocycles. The maximum atomic E-state index is 12.9. The van der Waals surface area contributed by atoms with E-state index in [1.807, 2.05) is 23.0 Å². The highest BCUT2D eigenvalue weighted by Crippen LogP contribution is 2.30. The summed E-state index contributed by atoms with van der Waals surface area (Å²) in [6, 6.07) is 13.7. The molecule has 31 heavy (non-hydrogen) atoms. The number of benzene rings is 2. The predicted molar refractivity (Wildman–Crippen MR) is 128 cm³/mol. The maximum absolute atomic E-state index is 12.9. The molecule has 0 spiro atoms. The van der Waals surface area contributed by atoms with E-state index in [2.05, 4.69) is 11.6 Å². The molecule has 1 atom stereocenters. The van der Waals surface area contributed by atoms with Gasteiger partial charge in [0.15, 0.2) is 0 Å². The molecule has 168 valence electrons. The van der Waals surface area contributed by atoms with Crippen molar-refractivity contribution < 1.29 is 13.4 Å². The number of nitrogen functional groups attached to an aromatic ring is 1. The molecule has 3 rings (SSSR count). The van der Waals surface area contributed by atoms with E-state index in [1.54, 1.807) is 25.0 Å². The van der Waals surface area contributed by atoms with Crippen LogP contribution in [0.5, 0.6) is 0 Å². The van der Waals surface area contributed by atoms with Gasteiger partial charge in [0.05, 0.1) is 10.6 Å². The average Bonchev–Trinajstić information content (AvgIpc) is 2.73. The highest BCUT2D eigenvalue weighted by Gasteiger charge is 2.27. The van der Waals surface area contributed by atoms with Crippen molar-refractivity contribution in [2.75, 3.05) is 10.5 Å². The Hall–Kier alpha value is -2.03. The van der Waals surface area contributed by atoms with E-state index < -0.39 is 17.1 Å². The molecule has 1 saturated carbocycles. The number of hydrogen-bond acceptors (Lipinski definition) is 5. The first kappa shape index (κ1) is 23.6. The summed E-state index contributed by atoms with van der Waals surface area (Å²) >= 11 is 0. The third kappa shape index (κ3) is 6.48. The van der Waals surface area contributed by atoms with E-state index in [1.165, 1.54) is 44.2 Å². The van der Waals surface area contributed by atoms with Crippen molar-refractivity contribution in [2.45, 2.75) is 69.8 Å². The first-order chi connectivity index (χ1) is 14.8. The highest BCUT2D eigenvalue weighted by atomic mass is 32.2. The van der Waals surface area contributed by atoms with Crippen LogP contribution in [0.15, 0.2) is 53.4 Å². The van der Waals surface area contributed by atoms with Gasteiger partial charge in [-0.05, 0) is 61.1 Å². The van der Waals surface area contributed by atoms with Gasteiger partial charge in [-0.2, -0.15) is 0 Å². The van der Waals surface area contributed by atoms with Crippen LogP contribution in [0, 0.1) is 5.92 Å². The van der Waals surface area contributed by atoms with Crippen molar-refractivity contribution >= 4 is 28.4 Å². The van der Waals surface area contributed by atoms with Crippen LogP contribution in [-0.2, 0) is 16.6 Å². The lowest BCUT2D eigenvalue weighted by atomic mass is 9.79. The molecule has 0 aliphatic heterocycles. The number of rotatable bonds is 9. The summed E-state index contributed by atoms with van der Waals surface area (Å²) in [5.74, 6) is 0.698. The summed E-state index contributed by atoms with van der Waals surface area (Å²) in [4.78, 5) is 2.21. The smallest absolute Gasteiger partial charge is 0.376 e. The molecule has 2 aromatic rings. The fourth-order valence-corrected chi connectivity index (χ4v) is 5.60. The van der Waals surface area contributed by atoms with Crippen molar-refractivity contribution in [2.24, 2.45) is 5.92 Å². The SMILES string of the molecule is CB(O)N(Cc1ccccc1NS(=O)(=O)c1ccc(N)cc1)C(C)CC1CCCCC1. The summed E-state index contributed by atoms with van der Waals surface area (Å²) in [5, 5.41) is 10.5. The lowest BCUT2D eigenvalue weighted by molar-refractivity contribution is 0.224. The van der Waals surface area contributed by atoms with Crippen LogP contribution in [0.3, 0.4) is 0 Å². The lowest BCUT2D eigenvalue weighted by Gasteiger charge is -2.34. The minimum absolute atomic E-state index is 0.162. The molecule has 1 unspecified atom stereocenters. The first-order valence-electron chi connectivity index (χ1n) is 11.2. The van der Waals surface area contributed by atoms with Gasteiger partial charge in [-0.3, -0.25) is 4.72 Å². The Labute approximate surface area is 187 Å². The second-order valence-corrected chi connectivity index (χ2v) is 10.4. The number of nitrogens with zero attached hydrogens (tertiary/aromatic N) is 1. The lowest BCUT2D eigenvalue weighted by Crippen LogP contribution is -2.44. The molecular formula is C23H34BN3O3S. The van der Waals surface area contributed by atoms with E-state index >= 15 is 0 Å². The fourth-order valence-electron chi connectivity index (χ4n) is 4.50. The maximum Gasteiger partial charge on any atom is 0.376 e. The largest absolute Gasteiger partial charge is 0.437 e. The highest BCUT2D eigenvalue weighted by molar-refractivity contribution is 7.92. The zero-order chi connectivity index (χ0) is 22.4. The number of nitrogens with two attached hydrogens (primary N) is 1. The van der Waals surface area contributed by atoms with Crippen LogP contribution in [0.2, 0.25) is 6.82 Å². The minimum Gasteiger partial charge on any atom is -0.437 e. The molecule has 0 amide bonds. The fraction of sp³-hybridized carbons (Fsp3) is 0.478. The molecule has 4 N–H and O–H groups in total. The van der Waals surface area contributed by atoms with Gasteiger partial charge in [0.2, 0.25) is 0 Å². The Morgan fingerprint density at radius 1 is 1.13 bits per heavy atom. The summed E-state index contributed by atoms with van der Waals surface area (Å²) in [6.07, 6.45) is 7.48. The van der Waals surface area contributed by atoms with Gasteiger partial charge >= 0.3 is 7.05 Å². The van der Waals surface area contributed by atoms with Crippen LogP contribution in [0.4, 0.5) is 11.4 Å². The van der Waals surface area contributed by atoms with Gasteiger partial charge in [0.1, 0.15) is 0 Å². The van der Waals surface area contributed by atoms with E-state index in [0.29, 0.717) is 23.8 Å². The third-order valence-corrected chi connectivity index (χ3v) is 7.63. The Morgan fingerprint density at radius 2 is 1.77 bits per heavy atom. The summed E-state index contributed by atoms with van der Waals surface area (Å²) in [5.41, 5.74) is 7.55. The van der Waals surface area contributed by atoms with E-state index in [9.17, 15) is 13.4 Å². The molecule has 8 heteroatoms. The molecule has 0 heterocycles. The van der Waals surface area contributed by atoms with E-state index in [-0.39, 0.29) is 10.9 Å². The standard InChI is InChI=1S/C23H34BN3O3S/c1-18(16-19-8-4-3-5-9-19)27(24(2)28)17-20-10-6-7-11-23(20)26-31(29,30)22-14-12-21(25)13-15-22/h6-7,10-15,18-19,26,28H,3-5,8-9,16-17,25H2,1-2H3. The predicted octanol–water partition coefficient (Wildman–Crippen LogP) is 4.34. The van der Waals surface area contributed by atoms with Crippen LogP contribution in [-0.4, -0.2) is 31.3 Å². The zero-order valence-electron chi connectivity index (χ0n) is 18.5. The number of nitrogens with one attached hydrogen (secondary N) is 1. The molecule has 0 aromatic heterocycles. The van der Waals surface area contributed by atoms with Crippen LogP contribution < -0.4 is 10.5 Å². The molecule has 0 bridgehead atoms. The Balaban J connectivity index is 1.76. The van der Waals surface area contributed by atoms with Crippen molar-refractivity contribution in [3.63, 3.8) is 0 Å². The molecule has 2 aromatic carbocycles. The Kier molecular flexibility index (Phi) is 8.03. The molecule has 1 aliphatic carbocycles. The minimum atomic E-state index is -3.74. The van der Waals surface area contributed by atoms with Gasteiger partial charge in [-0.25, -0.2) is 8.42 Å². The number of hydrogen-bond donors (Lipinski definition) is 3. The second-order valence-electron chi connectivity index (χ2n) is 8.72. The summed E-state index contributed by atoms with van der Waals surface area (Å²) < 4.78 is 28.4. The van der Waals surface area contributed by atoms with E-state index in [4.69, 9.17) is 5.73 Å². The molecule has 0 radical (unpaired) electrons. The van der Waals surface area contributed by atoms with Gasteiger partial charge in [-0.1, -0.05) is 57.2 Å². The topological polar surface area (TPSA) is 95.7 Å². The monoisotopic (exact) mass is 443 g/mol. The second kappa shape index (κ2) is 10.5. The Bertz CT molecular complexity index is 945. The summed E-state index contributed by atoms with van der Waals surface area (Å²) in [6.45, 7) is 4.40. The average molecular weight is 443 g/mol. The number of anilines is 2. The number of sulfonamides is 1. The van der Waals surface area contributed by atoms with Crippen molar-refractivity contribution in [1.82, 2.24) is 4.81 Å². The van der Waals surface area contributed by atoms with Crippen molar-refractivity contribution in [3.8, 4) is 0 Å². The van der Waals surface area contributed by atoms with Crippen molar-refractivity contribution in [3.05, 3.63) is 54.1 Å². The van der Waals surface area contributed by atoms with Gasteiger partial charge in [-0.15, -0.1) is 0 Å². The van der Waals surface area contributed by atoms with Crippen molar-refractivity contribution in [1.29, 1.82) is 0 Å². The first-order valence-corrected chi connectivity index (χ1v) is 12.6. The quantitative estimate of drug-likeness (QED) is 0.396. The van der Waals surface area contributed by atoms with Crippen LogP contribution >= 0.6 is 0 Å². The molecule has 6 nitrogen and oxygen atoms in total. The normalized spacial score (nSPS) is 16.3. The summed E-state index contributed by atoms with van der Waals surface area (Å²) in [7, 11) is -4.36. The molecule has 1 aliphatic rings. The third-order valence-electron chi connectivity index (χ3n) is 6.25. The van der Waals surface area contributed by atoms with Gasteiger partial charge in [0, 0.05) is 12.2 Å². The van der Waals surface area contributed by atoms with Gasteiger partial charge in [0.25, 0.3) is 10.0 Å². The Morgan fingerprint density at radius 3 is 2.42 bits per heavy atom. The zero-order valence-corrected chi connectivity index (χ0v) is 19.3. The molecule has 1 fully saturated rings. The van der Waals surface area contributed by atoms with Crippen LogP contribution in [0.1, 0.15) is 51.0 Å². The van der Waals surface area contributed by atoms with E-state index in [0.717, 1.165) is 12.0 Å².